The number of methoxy groups -OCH3 is 1. The molecule has 1 atom stereocenters. The van der Waals surface area contributed by atoms with Crippen LogP contribution in [0.3, 0.4) is 0 Å². The Morgan fingerprint density at radius 1 is 1.11 bits per heavy atom. The number of anilines is 3. The molecule has 3 N–H and O–H groups in total. The number of fused-ring (bicyclic) bond motifs is 1. The van der Waals surface area contributed by atoms with Gasteiger partial charge in [0.1, 0.15) is 42.2 Å². The van der Waals surface area contributed by atoms with E-state index in [0.29, 0.717) is 48.4 Å². The maximum atomic E-state index is 15.2. The van der Waals surface area contributed by atoms with Gasteiger partial charge in [0.05, 0.1) is 30.2 Å². The van der Waals surface area contributed by atoms with Gasteiger partial charge in [0.15, 0.2) is 0 Å². The van der Waals surface area contributed by atoms with Gasteiger partial charge in [0.2, 0.25) is 17.6 Å². The first-order chi connectivity index (χ1) is 22.4. The van der Waals surface area contributed by atoms with Gasteiger partial charge in [-0.3, -0.25) is 19.2 Å². The van der Waals surface area contributed by atoms with Gasteiger partial charge in [0, 0.05) is 48.8 Å². The Balaban J connectivity index is 1.28. The number of ether oxygens (including phenoxy) is 2. The summed E-state index contributed by atoms with van der Waals surface area (Å²) in [6.07, 6.45) is 4.99. The van der Waals surface area contributed by atoms with Crippen molar-refractivity contribution in [3.05, 3.63) is 66.6 Å². The van der Waals surface area contributed by atoms with E-state index in [2.05, 4.69) is 31.0 Å². The van der Waals surface area contributed by atoms with Crippen LogP contribution in [0.15, 0.2) is 55.0 Å². The molecule has 3 heterocycles. The van der Waals surface area contributed by atoms with E-state index in [1.807, 2.05) is 25.7 Å². The number of nitrogens with zero attached hydrogens (tertiary/aromatic N) is 5. The second-order valence-corrected chi connectivity index (χ2v) is 12.0. The quantitative estimate of drug-likeness (QED) is 0.189. The van der Waals surface area contributed by atoms with Crippen molar-refractivity contribution >= 4 is 39.9 Å². The molecule has 5 rings (SSSR count). The molecule has 0 bridgehead atoms. The Morgan fingerprint density at radius 2 is 1.91 bits per heavy atom. The lowest BCUT2D eigenvalue weighted by molar-refractivity contribution is -0.123. The van der Waals surface area contributed by atoms with E-state index in [9.17, 15) is 18.4 Å². The monoisotopic (exact) mass is 652 g/mol. The highest BCUT2D eigenvalue weighted by atomic mass is 19.1. The van der Waals surface area contributed by atoms with Gasteiger partial charge in [-0.15, -0.1) is 5.10 Å². The van der Waals surface area contributed by atoms with Crippen LogP contribution < -0.4 is 25.4 Å². The molecule has 47 heavy (non-hydrogen) atoms. The summed E-state index contributed by atoms with van der Waals surface area (Å²) in [5.41, 5.74) is 0.362. The Labute approximate surface area is 269 Å². The zero-order valence-electron chi connectivity index (χ0n) is 26.3. The van der Waals surface area contributed by atoms with Crippen molar-refractivity contribution in [1.29, 1.82) is 0 Å². The molecule has 1 saturated heterocycles. The van der Waals surface area contributed by atoms with E-state index in [4.69, 9.17) is 9.47 Å². The van der Waals surface area contributed by atoms with Crippen LogP contribution in [0.5, 0.6) is 17.4 Å². The van der Waals surface area contributed by atoms with Crippen molar-refractivity contribution in [2.45, 2.75) is 45.4 Å². The van der Waals surface area contributed by atoms with E-state index in [1.165, 1.54) is 31.6 Å². The first kappa shape index (κ1) is 33.2. The molecule has 1 unspecified atom stereocenters. The SMILES string of the molecule is COc1cc2ncnc(Nc3ccc(Oc4nn(CC(=O)NC(C)(C)C)cc4F)cc3F)c2cc1NC(=O)/C=C/CN1CCC(F)C1. The van der Waals surface area contributed by atoms with Gasteiger partial charge in [-0.2, -0.15) is 4.39 Å². The van der Waals surface area contributed by atoms with Crippen LogP contribution in [-0.2, 0) is 16.1 Å². The number of aromatic nitrogens is 4. The fourth-order valence-electron chi connectivity index (χ4n) is 4.92. The van der Waals surface area contributed by atoms with Crippen LogP contribution in [-0.4, -0.2) is 74.9 Å². The number of nitrogens with one attached hydrogen (secondary N) is 3. The highest BCUT2D eigenvalue weighted by Gasteiger charge is 2.21. The molecule has 0 radical (unpaired) electrons. The highest BCUT2D eigenvalue weighted by Crippen LogP contribution is 2.34. The molecule has 1 fully saturated rings. The van der Waals surface area contributed by atoms with Crippen LogP contribution in [0.25, 0.3) is 10.9 Å². The van der Waals surface area contributed by atoms with Crippen molar-refractivity contribution < 1.29 is 32.2 Å². The smallest absolute Gasteiger partial charge is 0.274 e. The summed E-state index contributed by atoms with van der Waals surface area (Å²) in [6.45, 7) is 6.67. The molecule has 15 heteroatoms. The molecule has 2 aromatic heterocycles. The van der Waals surface area contributed by atoms with Crippen molar-refractivity contribution in [3.8, 4) is 17.4 Å². The predicted octanol–water partition coefficient (Wildman–Crippen LogP) is 5.10. The topological polar surface area (TPSA) is 136 Å². The third-order valence-electron chi connectivity index (χ3n) is 6.98. The van der Waals surface area contributed by atoms with Crippen molar-refractivity contribution in [2.75, 3.05) is 37.4 Å². The second-order valence-electron chi connectivity index (χ2n) is 12.0. The summed E-state index contributed by atoms with van der Waals surface area (Å²) in [7, 11) is 1.45. The van der Waals surface area contributed by atoms with Crippen LogP contribution in [0.1, 0.15) is 27.2 Å². The fourth-order valence-corrected chi connectivity index (χ4v) is 4.92. The van der Waals surface area contributed by atoms with Crippen LogP contribution in [0, 0.1) is 11.6 Å². The molecule has 1 aliphatic rings. The molecule has 2 aromatic carbocycles. The third-order valence-corrected chi connectivity index (χ3v) is 6.98. The Bertz CT molecular complexity index is 1810. The maximum Gasteiger partial charge on any atom is 0.274 e. The summed E-state index contributed by atoms with van der Waals surface area (Å²) >= 11 is 0. The minimum absolute atomic E-state index is 0.0269. The Morgan fingerprint density at radius 3 is 2.62 bits per heavy atom. The van der Waals surface area contributed by atoms with Gasteiger partial charge in [-0.05, 0) is 45.4 Å². The number of benzene rings is 2. The predicted molar refractivity (Wildman–Crippen MR) is 170 cm³/mol. The number of carbonyl (C=O) groups excluding carboxylic acids is 2. The number of halogens is 3. The molecular formula is C32H35F3N8O4. The molecule has 0 spiro atoms. The van der Waals surface area contributed by atoms with Gasteiger partial charge in [-0.25, -0.2) is 18.7 Å². The fraction of sp³-hybridized carbons (Fsp3) is 0.344. The standard InChI is InChI=1S/C32H35F3N8O4/c1-32(2,3)40-29(45)17-43-16-23(35)31(41-43)47-20-7-8-24(22(34)12-20)39-30-21-13-26(27(46-4)14-25(21)36-18-37-30)38-28(44)6-5-10-42-11-9-19(33)15-42/h5-8,12-14,16,18-19H,9-11,15,17H2,1-4H3,(H,38,44)(H,40,45)(H,36,37,39)/b6-5+. The van der Waals surface area contributed by atoms with Crippen molar-refractivity contribution in [1.82, 2.24) is 30.0 Å². The molecule has 2 amide bonds. The molecule has 4 aromatic rings. The normalized spacial score (nSPS) is 15.3. The number of hydrogen-bond acceptors (Lipinski definition) is 9. The van der Waals surface area contributed by atoms with Crippen LogP contribution in [0.4, 0.5) is 30.4 Å². The average molecular weight is 653 g/mol. The Kier molecular flexibility index (Phi) is 9.94. The number of amides is 2. The zero-order chi connectivity index (χ0) is 33.7. The third kappa shape index (κ3) is 8.76. The number of likely N-dealkylation sites (tertiary alicyclic amines) is 1. The van der Waals surface area contributed by atoms with Crippen molar-refractivity contribution in [2.24, 2.45) is 0 Å². The molecule has 12 nitrogen and oxygen atoms in total. The van der Waals surface area contributed by atoms with E-state index >= 15 is 4.39 Å². The van der Waals surface area contributed by atoms with Crippen LogP contribution >= 0.6 is 0 Å². The molecular weight excluding hydrogens is 617 g/mol. The zero-order valence-corrected chi connectivity index (χ0v) is 26.3. The maximum absolute atomic E-state index is 15.2. The summed E-state index contributed by atoms with van der Waals surface area (Å²) in [6, 6.07) is 7.06. The summed E-state index contributed by atoms with van der Waals surface area (Å²) < 4.78 is 55.1. The number of hydrogen-bond donors (Lipinski definition) is 3. The van der Waals surface area contributed by atoms with E-state index < -0.39 is 35.1 Å². The lowest BCUT2D eigenvalue weighted by Gasteiger charge is -2.20. The number of rotatable bonds is 11. The Hall–Kier alpha value is -5.18. The van der Waals surface area contributed by atoms with Crippen molar-refractivity contribution in [3.63, 3.8) is 0 Å². The molecule has 1 aliphatic heterocycles. The summed E-state index contributed by atoms with van der Waals surface area (Å²) in [5.74, 6) is -2.19. The van der Waals surface area contributed by atoms with Gasteiger partial charge in [0.25, 0.3) is 5.88 Å². The lowest BCUT2D eigenvalue weighted by atomic mass is 10.1. The highest BCUT2D eigenvalue weighted by molar-refractivity contribution is 6.03. The van der Waals surface area contributed by atoms with E-state index in [-0.39, 0.29) is 29.7 Å². The first-order valence-electron chi connectivity index (χ1n) is 14.8. The molecule has 248 valence electrons. The number of carbonyl (C=O) groups is 2. The van der Waals surface area contributed by atoms with E-state index in [1.54, 1.807) is 18.2 Å². The first-order valence-corrected chi connectivity index (χ1v) is 14.8. The largest absolute Gasteiger partial charge is 0.494 e. The summed E-state index contributed by atoms with van der Waals surface area (Å²) in [5, 5.41) is 12.9. The van der Waals surface area contributed by atoms with Gasteiger partial charge in [-0.1, -0.05) is 6.08 Å². The molecule has 0 aliphatic carbocycles. The van der Waals surface area contributed by atoms with Gasteiger partial charge >= 0.3 is 0 Å². The lowest BCUT2D eigenvalue weighted by Crippen LogP contribution is -2.42. The van der Waals surface area contributed by atoms with Gasteiger partial charge < -0.3 is 25.4 Å². The summed E-state index contributed by atoms with van der Waals surface area (Å²) in [4.78, 5) is 35.3. The number of alkyl halides is 1. The minimum atomic E-state index is -0.843. The minimum Gasteiger partial charge on any atom is -0.494 e. The molecule has 0 saturated carbocycles. The second kappa shape index (κ2) is 14.1. The average Bonchev–Trinajstić information content (AvgIpc) is 3.56. The van der Waals surface area contributed by atoms with E-state index in [0.717, 1.165) is 16.9 Å². The van der Waals surface area contributed by atoms with Crippen LogP contribution in [0.2, 0.25) is 0 Å².